The van der Waals surface area contributed by atoms with Crippen molar-refractivity contribution in [3.63, 3.8) is 0 Å². The van der Waals surface area contributed by atoms with E-state index >= 15 is 0 Å². The number of aromatic nitrogens is 4. The van der Waals surface area contributed by atoms with Crippen molar-refractivity contribution in [2.45, 2.75) is 0 Å². The minimum atomic E-state index is 0.586. The van der Waals surface area contributed by atoms with Gasteiger partial charge in [-0.2, -0.15) is 0 Å². The highest BCUT2D eigenvalue weighted by Gasteiger charge is 2.22. The van der Waals surface area contributed by atoms with Crippen LogP contribution in [0.3, 0.4) is 0 Å². The fourth-order valence-corrected chi connectivity index (χ4v) is 9.47. The molecule has 3 aromatic heterocycles. The Hall–Kier alpha value is -8.41. The standard InChI is InChI=1S/C57H34N4O/c1-2-15-37(16-3-1)55-58-56(60-57(59-55)46-22-12-24-52-53(46)45-21-10-11-23-51(45)62-52)42-28-30-49(47(33-42)41-26-25-35-13-4-5-17-38(35)31-41)61-50-34-40-19-7-6-18-39(40)32-48(50)44-29-27-36-14-8-9-20-43(36)54(44)61/h1-34H. The van der Waals surface area contributed by atoms with E-state index in [-0.39, 0.29) is 0 Å². The Balaban J connectivity index is 1.11. The highest BCUT2D eigenvalue weighted by atomic mass is 16.3. The monoisotopic (exact) mass is 790 g/mol. The van der Waals surface area contributed by atoms with E-state index in [1.807, 2.05) is 48.5 Å². The molecule has 0 fully saturated rings. The molecule has 62 heavy (non-hydrogen) atoms. The van der Waals surface area contributed by atoms with Gasteiger partial charge in [-0.25, -0.2) is 15.0 Å². The molecule has 0 unspecified atom stereocenters. The van der Waals surface area contributed by atoms with Gasteiger partial charge in [0.15, 0.2) is 17.5 Å². The fourth-order valence-electron chi connectivity index (χ4n) is 9.47. The lowest BCUT2D eigenvalue weighted by Crippen LogP contribution is -2.02. The highest BCUT2D eigenvalue weighted by Crippen LogP contribution is 2.43. The molecule has 10 aromatic carbocycles. The van der Waals surface area contributed by atoms with Crippen LogP contribution in [0.5, 0.6) is 0 Å². The average Bonchev–Trinajstić information content (AvgIpc) is 3.88. The molecule has 0 amide bonds. The predicted molar refractivity (Wildman–Crippen MR) is 256 cm³/mol. The molecular formula is C57H34N4O. The molecule has 0 spiro atoms. The second kappa shape index (κ2) is 13.6. The molecule has 5 nitrogen and oxygen atoms in total. The summed E-state index contributed by atoms with van der Waals surface area (Å²) in [6.45, 7) is 0. The third-order valence-corrected chi connectivity index (χ3v) is 12.4. The lowest BCUT2D eigenvalue weighted by molar-refractivity contribution is 0.669. The lowest BCUT2D eigenvalue weighted by Gasteiger charge is -2.17. The summed E-state index contributed by atoms with van der Waals surface area (Å²) >= 11 is 0. The third kappa shape index (κ3) is 5.38. The van der Waals surface area contributed by atoms with Crippen LogP contribution in [-0.4, -0.2) is 19.5 Å². The van der Waals surface area contributed by atoms with E-state index in [1.54, 1.807) is 0 Å². The third-order valence-electron chi connectivity index (χ3n) is 12.4. The second-order valence-corrected chi connectivity index (χ2v) is 16.0. The van der Waals surface area contributed by atoms with Crippen LogP contribution in [-0.2, 0) is 0 Å². The van der Waals surface area contributed by atoms with Gasteiger partial charge in [0, 0.05) is 49.2 Å². The van der Waals surface area contributed by atoms with Crippen LogP contribution in [0.25, 0.3) is 127 Å². The van der Waals surface area contributed by atoms with Gasteiger partial charge in [-0.15, -0.1) is 0 Å². The Morgan fingerprint density at radius 3 is 1.81 bits per heavy atom. The van der Waals surface area contributed by atoms with Gasteiger partial charge in [-0.1, -0.05) is 158 Å². The molecule has 0 bridgehead atoms. The Morgan fingerprint density at radius 1 is 0.339 bits per heavy atom. The Bertz CT molecular complexity index is 3940. The van der Waals surface area contributed by atoms with Crippen molar-refractivity contribution in [2.24, 2.45) is 0 Å². The summed E-state index contributed by atoms with van der Waals surface area (Å²) in [5.74, 6) is 1.78. The Kier molecular flexibility index (Phi) is 7.54. The molecule has 0 aliphatic rings. The Labute approximate surface area is 355 Å². The SMILES string of the molecule is c1ccc(-c2nc(-c3ccc(-n4c5cc6ccccc6cc5c5ccc6ccccc6c54)c(-c4ccc5ccccc5c4)c3)nc(-c3cccc4oc5ccccc5c34)n2)cc1. The molecule has 3 heterocycles. The van der Waals surface area contributed by atoms with Crippen LogP contribution < -0.4 is 0 Å². The van der Waals surface area contributed by atoms with Gasteiger partial charge in [0.1, 0.15) is 11.2 Å². The van der Waals surface area contributed by atoms with Crippen molar-refractivity contribution in [1.82, 2.24) is 19.5 Å². The van der Waals surface area contributed by atoms with E-state index in [1.165, 1.54) is 48.6 Å². The normalized spacial score (nSPS) is 11.9. The van der Waals surface area contributed by atoms with E-state index in [9.17, 15) is 0 Å². The summed E-state index contributed by atoms with van der Waals surface area (Å²) in [5, 5.41) is 11.6. The molecule has 13 aromatic rings. The summed E-state index contributed by atoms with van der Waals surface area (Å²) in [4.78, 5) is 15.7. The van der Waals surface area contributed by atoms with Gasteiger partial charge >= 0.3 is 0 Å². The number of hydrogen-bond donors (Lipinski definition) is 0. The first-order valence-electron chi connectivity index (χ1n) is 20.9. The zero-order valence-corrected chi connectivity index (χ0v) is 33.3. The van der Waals surface area contributed by atoms with Gasteiger partial charge in [0.2, 0.25) is 0 Å². The minimum absolute atomic E-state index is 0.586. The highest BCUT2D eigenvalue weighted by molar-refractivity contribution is 6.21. The predicted octanol–water partition coefficient (Wildman–Crippen LogP) is 15.0. The van der Waals surface area contributed by atoms with E-state index in [0.29, 0.717) is 17.5 Å². The fraction of sp³-hybridized carbons (Fsp3) is 0. The number of hydrogen-bond acceptors (Lipinski definition) is 4. The molecule has 0 N–H and O–H groups in total. The van der Waals surface area contributed by atoms with E-state index in [2.05, 4.69) is 162 Å². The maximum atomic E-state index is 6.33. The quantitative estimate of drug-likeness (QED) is 0.174. The van der Waals surface area contributed by atoms with E-state index in [0.717, 1.165) is 61.0 Å². The van der Waals surface area contributed by atoms with E-state index < -0.39 is 0 Å². The first kappa shape index (κ1) is 34.5. The molecule has 0 radical (unpaired) electrons. The maximum Gasteiger partial charge on any atom is 0.164 e. The summed E-state index contributed by atoms with van der Waals surface area (Å²) in [6, 6.07) is 73.0. The lowest BCUT2D eigenvalue weighted by atomic mass is 9.97. The molecule has 13 rings (SSSR count). The van der Waals surface area contributed by atoms with Crippen LogP contribution in [0.15, 0.2) is 211 Å². The maximum absolute atomic E-state index is 6.33. The van der Waals surface area contributed by atoms with Crippen LogP contribution in [0.1, 0.15) is 0 Å². The van der Waals surface area contributed by atoms with Crippen molar-refractivity contribution < 1.29 is 4.42 Å². The van der Waals surface area contributed by atoms with Crippen LogP contribution >= 0.6 is 0 Å². The van der Waals surface area contributed by atoms with Gasteiger partial charge in [-0.05, 0) is 81.0 Å². The summed E-state index contributed by atoms with van der Waals surface area (Å²) in [7, 11) is 0. The minimum Gasteiger partial charge on any atom is -0.456 e. The number of furan rings is 1. The summed E-state index contributed by atoms with van der Waals surface area (Å²) < 4.78 is 8.80. The van der Waals surface area contributed by atoms with Crippen molar-refractivity contribution in [3.8, 4) is 51.0 Å². The van der Waals surface area contributed by atoms with Crippen LogP contribution in [0, 0.1) is 0 Å². The van der Waals surface area contributed by atoms with Gasteiger partial charge in [0.25, 0.3) is 0 Å². The number of para-hydroxylation sites is 1. The summed E-state index contributed by atoms with van der Waals surface area (Å²) in [5.41, 5.74) is 9.89. The number of rotatable bonds is 5. The smallest absolute Gasteiger partial charge is 0.164 e. The van der Waals surface area contributed by atoms with Crippen LogP contribution in [0.2, 0.25) is 0 Å². The van der Waals surface area contributed by atoms with Gasteiger partial charge in [-0.3, -0.25) is 0 Å². The largest absolute Gasteiger partial charge is 0.456 e. The van der Waals surface area contributed by atoms with E-state index in [4.69, 9.17) is 19.4 Å². The average molecular weight is 791 g/mol. The van der Waals surface area contributed by atoms with Crippen LogP contribution in [0.4, 0.5) is 0 Å². The van der Waals surface area contributed by atoms with Crippen molar-refractivity contribution in [1.29, 1.82) is 0 Å². The number of benzene rings is 10. The number of nitrogens with zero attached hydrogens (tertiary/aromatic N) is 4. The van der Waals surface area contributed by atoms with Crippen molar-refractivity contribution in [3.05, 3.63) is 206 Å². The topological polar surface area (TPSA) is 56.7 Å². The molecule has 288 valence electrons. The van der Waals surface area contributed by atoms with Crippen molar-refractivity contribution in [2.75, 3.05) is 0 Å². The van der Waals surface area contributed by atoms with Gasteiger partial charge < -0.3 is 8.98 Å². The first-order chi connectivity index (χ1) is 30.7. The number of fused-ring (bicyclic) bond motifs is 10. The summed E-state index contributed by atoms with van der Waals surface area (Å²) in [6.07, 6.45) is 0. The van der Waals surface area contributed by atoms with Gasteiger partial charge in [0.05, 0.1) is 16.7 Å². The molecular weight excluding hydrogens is 757 g/mol. The molecule has 0 aliphatic carbocycles. The van der Waals surface area contributed by atoms with Crippen molar-refractivity contribution >= 4 is 76.1 Å². The second-order valence-electron chi connectivity index (χ2n) is 16.0. The molecule has 0 aliphatic heterocycles. The zero-order valence-electron chi connectivity index (χ0n) is 33.3. The molecule has 0 saturated heterocycles. The Morgan fingerprint density at radius 2 is 0.968 bits per heavy atom. The molecule has 0 saturated carbocycles. The first-order valence-corrected chi connectivity index (χ1v) is 20.9. The zero-order chi connectivity index (χ0) is 40.7. The molecule has 5 heteroatoms. The molecule has 0 atom stereocenters.